The van der Waals surface area contributed by atoms with Gasteiger partial charge in [-0.2, -0.15) is 15.9 Å². The third-order valence-electron chi connectivity index (χ3n) is 3.47. The van der Waals surface area contributed by atoms with E-state index in [2.05, 4.69) is 11.2 Å². The molecule has 104 valence electrons. The molecule has 0 aliphatic carbocycles. The van der Waals surface area contributed by atoms with Crippen LogP contribution in [-0.4, -0.2) is 17.7 Å². The van der Waals surface area contributed by atoms with E-state index in [1.807, 2.05) is 35.0 Å². The molecule has 0 saturated carbocycles. The Bertz CT molecular complexity index is 734. The summed E-state index contributed by atoms with van der Waals surface area (Å²) in [6, 6.07) is 6.76. The maximum atomic E-state index is 12.3. The lowest BCUT2D eigenvalue weighted by Crippen LogP contribution is -2.57. The Hall–Kier alpha value is -2.56. The zero-order valence-electron chi connectivity index (χ0n) is 10.9. The maximum Gasteiger partial charge on any atom is 0.296 e. The topological polar surface area (TPSA) is 73.9 Å². The Balaban J connectivity index is 2.17. The average Bonchev–Trinajstić information content (AvgIpc) is 3.01. The number of imide groups is 1. The Labute approximate surface area is 125 Å². The predicted octanol–water partition coefficient (Wildman–Crippen LogP) is 1.19. The zero-order valence-corrected chi connectivity index (χ0v) is 11.8. The molecule has 0 aromatic carbocycles. The van der Waals surface area contributed by atoms with E-state index in [-0.39, 0.29) is 11.5 Å². The van der Waals surface area contributed by atoms with Gasteiger partial charge in [0.1, 0.15) is 0 Å². The molecular formula is C15H12N3O2S+. The van der Waals surface area contributed by atoms with Crippen LogP contribution in [0.2, 0.25) is 0 Å². The quantitative estimate of drug-likeness (QED) is 0.378. The van der Waals surface area contributed by atoms with E-state index in [1.54, 1.807) is 17.0 Å². The summed E-state index contributed by atoms with van der Waals surface area (Å²) in [5.41, 5.74) is 1.02. The first kappa shape index (κ1) is 13.4. The molecule has 0 radical (unpaired) electrons. The number of aromatic nitrogens is 1. The Morgan fingerprint density at radius 2 is 2.00 bits per heavy atom. The molecule has 2 unspecified atom stereocenters. The molecule has 2 amide bonds. The van der Waals surface area contributed by atoms with Gasteiger partial charge in [-0.05, 0) is 28.3 Å². The highest BCUT2D eigenvalue weighted by Crippen LogP contribution is 2.35. The second kappa shape index (κ2) is 5.44. The molecule has 1 fully saturated rings. The third kappa shape index (κ3) is 2.31. The molecule has 2 aromatic rings. The first-order valence-electron chi connectivity index (χ1n) is 6.35. The van der Waals surface area contributed by atoms with E-state index in [0.29, 0.717) is 0 Å². The van der Waals surface area contributed by atoms with E-state index in [1.165, 1.54) is 11.3 Å². The van der Waals surface area contributed by atoms with Gasteiger partial charge in [-0.3, -0.25) is 20.3 Å². The van der Waals surface area contributed by atoms with Crippen LogP contribution in [0.25, 0.3) is 0 Å². The van der Waals surface area contributed by atoms with Crippen LogP contribution in [-0.2, 0) is 9.59 Å². The highest BCUT2D eigenvalue weighted by molar-refractivity contribution is 7.08. The highest BCUT2D eigenvalue weighted by Gasteiger charge is 2.47. The second-order valence-corrected chi connectivity index (χ2v) is 5.44. The number of thiophene rings is 1. The van der Waals surface area contributed by atoms with Gasteiger partial charge in [-0.25, -0.2) is 0 Å². The largest absolute Gasteiger partial charge is 0.296 e. The van der Waals surface area contributed by atoms with E-state index in [0.717, 1.165) is 5.56 Å². The maximum absolute atomic E-state index is 12.3. The molecule has 3 heterocycles. The second-order valence-electron chi connectivity index (χ2n) is 4.66. The average molecular weight is 298 g/mol. The fourth-order valence-corrected chi connectivity index (χ4v) is 3.24. The number of hydrogen-bond acceptors (Lipinski definition) is 4. The summed E-state index contributed by atoms with van der Waals surface area (Å²) < 4.78 is 1.75. The summed E-state index contributed by atoms with van der Waals surface area (Å²) in [5, 5.41) is 13.5. The van der Waals surface area contributed by atoms with Gasteiger partial charge in [0.2, 0.25) is 6.04 Å². The van der Waals surface area contributed by atoms with Crippen molar-refractivity contribution < 1.29 is 14.2 Å². The van der Waals surface area contributed by atoms with Crippen molar-refractivity contribution in [2.45, 2.75) is 12.0 Å². The van der Waals surface area contributed by atoms with E-state index in [4.69, 9.17) is 5.41 Å². The predicted molar refractivity (Wildman–Crippen MR) is 77.1 cm³/mol. The standard InChI is InChI=1S/C15H11N3O2S/c16-8-11-12(10-4-7-21-9-10)13(15(20)17-14(11)19)18-5-2-1-3-6-18/h1-7,9,12-13,16H/p+1. The molecule has 5 nitrogen and oxygen atoms in total. The number of pyridine rings is 1. The number of hydrogen-bond donors (Lipinski definition) is 2. The van der Waals surface area contributed by atoms with Crippen molar-refractivity contribution in [2.24, 2.45) is 0 Å². The van der Waals surface area contributed by atoms with Crippen molar-refractivity contribution in [2.75, 3.05) is 0 Å². The molecule has 2 N–H and O–H groups in total. The minimum absolute atomic E-state index is 0.175. The molecule has 2 aromatic heterocycles. The number of nitrogens with one attached hydrogen (secondary N) is 2. The number of piperidine rings is 1. The molecular weight excluding hydrogens is 286 g/mol. The van der Waals surface area contributed by atoms with Crippen molar-refractivity contribution in [3.05, 3.63) is 58.6 Å². The van der Waals surface area contributed by atoms with Crippen LogP contribution in [0.5, 0.6) is 0 Å². The minimum atomic E-state index is -0.605. The smallest absolute Gasteiger partial charge is 0.286 e. The van der Waals surface area contributed by atoms with Gasteiger partial charge in [0, 0.05) is 12.1 Å². The monoisotopic (exact) mass is 298 g/mol. The van der Waals surface area contributed by atoms with Crippen LogP contribution in [0.4, 0.5) is 0 Å². The molecule has 1 aliphatic heterocycles. The van der Waals surface area contributed by atoms with Crippen LogP contribution in [0.15, 0.2) is 53.0 Å². The lowest BCUT2D eigenvalue weighted by atomic mass is 9.83. The van der Waals surface area contributed by atoms with Crippen molar-refractivity contribution in [1.82, 2.24) is 5.32 Å². The van der Waals surface area contributed by atoms with Crippen molar-refractivity contribution >= 4 is 29.0 Å². The Morgan fingerprint density at radius 3 is 2.62 bits per heavy atom. The van der Waals surface area contributed by atoms with E-state index < -0.39 is 17.9 Å². The van der Waals surface area contributed by atoms with Gasteiger partial charge >= 0.3 is 0 Å². The molecule has 6 heteroatoms. The molecule has 21 heavy (non-hydrogen) atoms. The highest BCUT2D eigenvalue weighted by atomic mass is 32.1. The summed E-state index contributed by atoms with van der Waals surface area (Å²) >= 11 is 1.49. The van der Waals surface area contributed by atoms with Gasteiger partial charge in [0.25, 0.3) is 11.8 Å². The lowest BCUT2D eigenvalue weighted by molar-refractivity contribution is -0.711. The van der Waals surface area contributed by atoms with Gasteiger partial charge in [0.15, 0.2) is 12.4 Å². The minimum Gasteiger partial charge on any atom is -0.286 e. The number of carbonyl (C=O) groups is 2. The molecule has 0 spiro atoms. The van der Waals surface area contributed by atoms with Gasteiger partial charge < -0.3 is 0 Å². The first-order chi connectivity index (χ1) is 10.2. The van der Waals surface area contributed by atoms with Crippen molar-refractivity contribution in [3.8, 4) is 0 Å². The SMILES string of the molecule is N=C=C1C(=O)NC(=O)C([n+]2ccccc2)C1c1ccsc1. The number of amides is 2. The van der Waals surface area contributed by atoms with Crippen LogP contribution in [0.1, 0.15) is 17.5 Å². The number of nitrogens with zero attached hydrogens (tertiary/aromatic N) is 1. The van der Waals surface area contributed by atoms with Crippen molar-refractivity contribution in [3.63, 3.8) is 0 Å². The van der Waals surface area contributed by atoms with Crippen LogP contribution in [0.3, 0.4) is 0 Å². The van der Waals surface area contributed by atoms with Crippen molar-refractivity contribution in [1.29, 1.82) is 5.41 Å². The molecule has 3 rings (SSSR count). The molecule has 0 bridgehead atoms. The Kier molecular flexibility index (Phi) is 3.48. The third-order valence-corrected chi connectivity index (χ3v) is 4.17. The summed E-state index contributed by atoms with van der Waals surface area (Å²) in [6.45, 7) is 0. The first-order valence-corrected chi connectivity index (χ1v) is 7.29. The summed E-state index contributed by atoms with van der Waals surface area (Å²) in [7, 11) is 0. The lowest BCUT2D eigenvalue weighted by Gasteiger charge is -2.26. The number of rotatable bonds is 2. The fraction of sp³-hybridized carbons (Fsp3) is 0.133. The Morgan fingerprint density at radius 1 is 1.24 bits per heavy atom. The van der Waals surface area contributed by atoms with Gasteiger partial charge in [-0.1, -0.05) is 6.07 Å². The molecule has 1 saturated heterocycles. The van der Waals surface area contributed by atoms with Gasteiger partial charge in [0.05, 0.1) is 11.5 Å². The zero-order chi connectivity index (χ0) is 14.8. The summed E-state index contributed by atoms with van der Waals surface area (Å²) in [6.07, 6.45) is 3.56. The van der Waals surface area contributed by atoms with E-state index in [9.17, 15) is 9.59 Å². The van der Waals surface area contributed by atoms with Crippen LogP contribution < -0.4 is 9.88 Å². The summed E-state index contributed by atoms with van der Waals surface area (Å²) in [5.74, 6) is 0.797. The van der Waals surface area contributed by atoms with Crippen LogP contribution >= 0.6 is 11.3 Å². The fourth-order valence-electron chi connectivity index (χ4n) is 2.54. The summed E-state index contributed by atoms with van der Waals surface area (Å²) in [4.78, 5) is 24.3. The van der Waals surface area contributed by atoms with E-state index >= 15 is 0 Å². The molecule has 2 atom stereocenters. The van der Waals surface area contributed by atoms with Gasteiger partial charge in [-0.15, -0.1) is 0 Å². The normalized spacial score (nSPS) is 21.8. The van der Waals surface area contributed by atoms with Crippen LogP contribution in [0, 0.1) is 5.41 Å². The molecule has 1 aliphatic rings. The number of carbonyl (C=O) groups excluding carboxylic acids is 2.